The average molecular weight is 279 g/mol. The molecule has 2 heterocycles. The fraction of sp³-hybridized carbons (Fsp3) is 0.867. The molecule has 20 heavy (non-hydrogen) atoms. The molecule has 1 spiro atoms. The SMILES string of the molecule is CN1CCC(CN2CCC(=O)NC3(CCCC3)C2=O)C1. The van der Waals surface area contributed by atoms with Crippen molar-refractivity contribution in [3.63, 3.8) is 0 Å². The van der Waals surface area contributed by atoms with Crippen molar-refractivity contribution in [2.24, 2.45) is 5.92 Å². The van der Waals surface area contributed by atoms with Crippen LogP contribution >= 0.6 is 0 Å². The Morgan fingerprint density at radius 1 is 1.25 bits per heavy atom. The summed E-state index contributed by atoms with van der Waals surface area (Å²) in [4.78, 5) is 29.1. The van der Waals surface area contributed by atoms with Crippen molar-refractivity contribution < 1.29 is 9.59 Å². The van der Waals surface area contributed by atoms with E-state index in [1.54, 1.807) is 0 Å². The van der Waals surface area contributed by atoms with E-state index in [9.17, 15) is 9.59 Å². The molecule has 5 heteroatoms. The largest absolute Gasteiger partial charge is 0.342 e. The number of nitrogens with zero attached hydrogens (tertiary/aromatic N) is 2. The van der Waals surface area contributed by atoms with Gasteiger partial charge >= 0.3 is 0 Å². The summed E-state index contributed by atoms with van der Waals surface area (Å²) in [5.41, 5.74) is -0.571. The lowest BCUT2D eigenvalue weighted by Gasteiger charge is -2.33. The van der Waals surface area contributed by atoms with Crippen molar-refractivity contribution in [2.45, 2.75) is 44.1 Å². The highest BCUT2D eigenvalue weighted by atomic mass is 16.2. The summed E-state index contributed by atoms with van der Waals surface area (Å²) < 4.78 is 0. The van der Waals surface area contributed by atoms with Gasteiger partial charge in [0.1, 0.15) is 5.54 Å². The summed E-state index contributed by atoms with van der Waals surface area (Å²) >= 11 is 0. The van der Waals surface area contributed by atoms with Gasteiger partial charge in [-0.3, -0.25) is 9.59 Å². The van der Waals surface area contributed by atoms with Gasteiger partial charge in [-0.2, -0.15) is 0 Å². The molecule has 112 valence electrons. The van der Waals surface area contributed by atoms with E-state index in [2.05, 4.69) is 17.3 Å². The zero-order valence-electron chi connectivity index (χ0n) is 12.4. The Morgan fingerprint density at radius 2 is 2.00 bits per heavy atom. The molecule has 0 aromatic rings. The van der Waals surface area contributed by atoms with E-state index in [4.69, 9.17) is 0 Å². The number of likely N-dealkylation sites (tertiary alicyclic amines) is 1. The van der Waals surface area contributed by atoms with Crippen molar-refractivity contribution >= 4 is 11.8 Å². The zero-order chi connectivity index (χ0) is 14.2. The summed E-state index contributed by atoms with van der Waals surface area (Å²) in [5.74, 6) is 0.789. The fourth-order valence-electron chi connectivity index (χ4n) is 4.00. The number of amides is 2. The van der Waals surface area contributed by atoms with Crippen molar-refractivity contribution in [3.8, 4) is 0 Å². The van der Waals surface area contributed by atoms with Crippen LogP contribution in [0.25, 0.3) is 0 Å². The first-order valence-electron chi connectivity index (χ1n) is 7.88. The van der Waals surface area contributed by atoms with Crippen LogP contribution < -0.4 is 5.32 Å². The Labute approximate surface area is 120 Å². The fourth-order valence-corrected chi connectivity index (χ4v) is 4.00. The maximum atomic E-state index is 12.9. The molecule has 0 aromatic carbocycles. The first-order valence-corrected chi connectivity index (χ1v) is 7.88. The highest BCUT2D eigenvalue weighted by Gasteiger charge is 2.46. The van der Waals surface area contributed by atoms with Gasteiger partial charge in [0.2, 0.25) is 11.8 Å². The van der Waals surface area contributed by atoms with Crippen molar-refractivity contribution in [2.75, 3.05) is 33.2 Å². The van der Waals surface area contributed by atoms with Crippen molar-refractivity contribution in [1.82, 2.24) is 15.1 Å². The van der Waals surface area contributed by atoms with Crippen LogP contribution in [-0.4, -0.2) is 60.4 Å². The number of hydrogen-bond acceptors (Lipinski definition) is 3. The highest BCUT2D eigenvalue weighted by Crippen LogP contribution is 2.33. The Kier molecular flexibility index (Phi) is 3.71. The molecular formula is C15H25N3O2. The molecule has 2 aliphatic heterocycles. The number of carbonyl (C=O) groups excluding carboxylic acids is 2. The molecular weight excluding hydrogens is 254 g/mol. The third kappa shape index (κ3) is 2.55. The van der Waals surface area contributed by atoms with E-state index in [1.807, 2.05) is 4.90 Å². The second-order valence-corrected chi connectivity index (χ2v) is 6.76. The van der Waals surface area contributed by atoms with E-state index >= 15 is 0 Å². The van der Waals surface area contributed by atoms with Crippen molar-refractivity contribution in [1.29, 1.82) is 0 Å². The second-order valence-electron chi connectivity index (χ2n) is 6.76. The van der Waals surface area contributed by atoms with Crippen LogP contribution in [0.1, 0.15) is 38.5 Å². The molecule has 2 saturated heterocycles. The van der Waals surface area contributed by atoms with Gasteiger partial charge in [0.25, 0.3) is 0 Å². The predicted octanol–water partition coefficient (Wildman–Crippen LogP) is 0.599. The normalized spacial score (nSPS) is 30.9. The van der Waals surface area contributed by atoms with E-state index in [0.29, 0.717) is 18.9 Å². The minimum Gasteiger partial charge on any atom is -0.342 e. The summed E-state index contributed by atoms with van der Waals surface area (Å²) in [7, 11) is 2.13. The quantitative estimate of drug-likeness (QED) is 0.805. The molecule has 5 nitrogen and oxygen atoms in total. The summed E-state index contributed by atoms with van der Waals surface area (Å²) in [5, 5.41) is 3.03. The minimum absolute atomic E-state index is 0.0475. The van der Waals surface area contributed by atoms with Crippen LogP contribution in [0, 0.1) is 5.92 Å². The topological polar surface area (TPSA) is 52.6 Å². The lowest BCUT2D eigenvalue weighted by Crippen LogP contribution is -2.56. The van der Waals surface area contributed by atoms with E-state index < -0.39 is 5.54 Å². The van der Waals surface area contributed by atoms with Gasteiger partial charge in [0.15, 0.2) is 0 Å². The van der Waals surface area contributed by atoms with Crippen molar-refractivity contribution in [3.05, 3.63) is 0 Å². The monoisotopic (exact) mass is 279 g/mol. The summed E-state index contributed by atoms with van der Waals surface area (Å²) in [6.45, 7) is 3.60. The maximum absolute atomic E-state index is 12.9. The molecule has 3 rings (SSSR count). The third-order valence-corrected chi connectivity index (χ3v) is 5.11. The van der Waals surface area contributed by atoms with Crippen LogP contribution in [0.5, 0.6) is 0 Å². The second kappa shape index (κ2) is 5.35. The number of nitrogens with one attached hydrogen (secondary N) is 1. The summed E-state index contributed by atoms with van der Waals surface area (Å²) in [6, 6.07) is 0. The number of rotatable bonds is 2. The lowest BCUT2D eigenvalue weighted by molar-refractivity contribution is -0.139. The molecule has 3 aliphatic rings. The Hall–Kier alpha value is -1.10. The van der Waals surface area contributed by atoms with Crippen LogP contribution in [0.3, 0.4) is 0 Å². The molecule has 2 amide bonds. The molecule has 1 unspecified atom stereocenters. The predicted molar refractivity (Wildman–Crippen MR) is 76.1 cm³/mol. The van der Waals surface area contributed by atoms with Gasteiger partial charge in [-0.05, 0) is 38.8 Å². The Balaban J connectivity index is 1.72. The van der Waals surface area contributed by atoms with Gasteiger partial charge in [0, 0.05) is 26.1 Å². The van der Waals surface area contributed by atoms with Gasteiger partial charge in [-0.15, -0.1) is 0 Å². The molecule has 1 atom stereocenters. The highest BCUT2D eigenvalue weighted by molar-refractivity contribution is 5.93. The number of carbonyl (C=O) groups is 2. The lowest BCUT2D eigenvalue weighted by atomic mass is 9.95. The van der Waals surface area contributed by atoms with Gasteiger partial charge in [-0.1, -0.05) is 12.8 Å². The molecule has 1 N–H and O–H groups in total. The molecule has 1 saturated carbocycles. The minimum atomic E-state index is -0.571. The maximum Gasteiger partial charge on any atom is 0.248 e. The molecule has 0 bridgehead atoms. The van der Waals surface area contributed by atoms with E-state index in [1.165, 1.54) is 0 Å². The number of hydrogen-bond donors (Lipinski definition) is 1. The first kappa shape index (κ1) is 13.9. The van der Waals surface area contributed by atoms with Crippen LogP contribution in [0.2, 0.25) is 0 Å². The third-order valence-electron chi connectivity index (χ3n) is 5.11. The molecule has 0 radical (unpaired) electrons. The first-order chi connectivity index (χ1) is 9.59. The smallest absolute Gasteiger partial charge is 0.248 e. The van der Waals surface area contributed by atoms with E-state index in [0.717, 1.165) is 51.7 Å². The van der Waals surface area contributed by atoms with Gasteiger partial charge in [-0.25, -0.2) is 0 Å². The van der Waals surface area contributed by atoms with Gasteiger partial charge in [0.05, 0.1) is 0 Å². The Bertz CT molecular complexity index is 404. The van der Waals surface area contributed by atoms with Crippen LogP contribution in [-0.2, 0) is 9.59 Å². The zero-order valence-corrected chi connectivity index (χ0v) is 12.4. The molecule has 0 aromatic heterocycles. The molecule has 1 aliphatic carbocycles. The standard InChI is InChI=1S/C15H25N3O2/c1-17-8-4-12(10-17)11-18-9-5-13(19)16-15(14(18)20)6-2-3-7-15/h12H,2-11H2,1H3,(H,16,19). The summed E-state index contributed by atoms with van der Waals surface area (Å²) in [6.07, 6.45) is 5.35. The van der Waals surface area contributed by atoms with Crippen LogP contribution in [0.4, 0.5) is 0 Å². The molecule has 3 fully saturated rings. The average Bonchev–Trinajstić information content (AvgIpc) is 3.01. The Morgan fingerprint density at radius 3 is 2.65 bits per heavy atom. The van der Waals surface area contributed by atoms with Crippen LogP contribution in [0.15, 0.2) is 0 Å². The van der Waals surface area contributed by atoms with Gasteiger partial charge < -0.3 is 15.1 Å². The van der Waals surface area contributed by atoms with E-state index in [-0.39, 0.29) is 11.8 Å².